The quantitative estimate of drug-likeness (QED) is 0.806. The second-order valence-electron chi connectivity index (χ2n) is 4.02. The molecule has 2 rings (SSSR count). The fourth-order valence-electron chi connectivity index (χ4n) is 1.74. The highest BCUT2D eigenvalue weighted by molar-refractivity contribution is 7.89. The third-order valence-electron chi connectivity index (χ3n) is 2.64. The van der Waals surface area contributed by atoms with Crippen LogP contribution in [0, 0.1) is 0 Å². The number of halogens is 1. The summed E-state index contributed by atoms with van der Waals surface area (Å²) in [6, 6.07) is 0.249. The van der Waals surface area contributed by atoms with E-state index in [0.29, 0.717) is 6.54 Å². The first-order chi connectivity index (χ1) is 7.58. The Balaban J connectivity index is 0.00000144. The molecule has 0 amide bonds. The molecule has 98 valence electrons. The van der Waals surface area contributed by atoms with Crippen LogP contribution in [0.3, 0.4) is 0 Å². The maximum atomic E-state index is 11.8. The summed E-state index contributed by atoms with van der Waals surface area (Å²) < 4.78 is 27.8. The molecule has 0 aliphatic carbocycles. The van der Waals surface area contributed by atoms with E-state index in [1.807, 2.05) is 0 Å². The van der Waals surface area contributed by atoms with Crippen molar-refractivity contribution in [2.45, 2.75) is 23.9 Å². The molecule has 1 atom stereocenters. The number of rotatable bonds is 4. The number of hydrogen-bond acceptors (Lipinski definition) is 4. The van der Waals surface area contributed by atoms with Crippen LogP contribution in [0.25, 0.3) is 0 Å². The Bertz CT molecular complexity index is 453. The van der Waals surface area contributed by atoms with Crippen LogP contribution in [-0.2, 0) is 17.1 Å². The van der Waals surface area contributed by atoms with Crippen LogP contribution in [0.2, 0.25) is 0 Å². The summed E-state index contributed by atoms with van der Waals surface area (Å²) in [6.07, 6.45) is 5.09. The van der Waals surface area contributed by atoms with E-state index in [2.05, 4.69) is 15.0 Å². The third kappa shape index (κ3) is 3.67. The zero-order valence-corrected chi connectivity index (χ0v) is 11.2. The van der Waals surface area contributed by atoms with Gasteiger partial charge in [-0.15, -0.1) is 12.4 Å². The predicted octanol–water partition coefficient (Wildman–Crippen LogP) is -0.128. The van der Waals surface area contributed by atoms with Crippen molar-refractivity contribution in [3.8, 4) is 0 Å². The molecular weight excluding hydrogens is 264 g/mol. The summed E-state index contributed by atoms with van der Waals surface area (Å²) in [7, 11) is -1.71. The maximum Gasteiger partial charge on any atom is 0.259 e. The molecule has 1 unspecified atom stereocenters. The highest BCUT2D eigenvalue weighted by Gasteiger charge is 2.20. The SMILES string of the molecule is Cl.Cn1cnc(S(=O)(=O)NCC2CCCN2)c1. The molecule has 1 aromatic heterocycles. The zero-order valence-electron chi connectivity index (χ0n) is 9.59. The zero-order chi connectivity index (χ0) is 11.6. The van der Waals surface area contributed by atoms with Crippen molar-refractivity contribution in [3.05, 3.63) is 12.5 Å². The highest BCUT2D eigenvalue weighted by atomic mass is 35.5. The minimum absolute atomic E-state index is 0. The standard InChI is InChI=1S/C9H16N4O2S.ClH/c1-13-6-9(11-7-13)16(14,15)12-5-8-3-2-4-10-8;/h6-8,10,12H,2-5H2,1H3;1H. The Morgan fingerprint density at radius 1 is 1.65 bits per heavy atom. The second kappa shape index (κ2) is 5.81. The number of aryl methyl sites for hydroxylation is 1. The fourth-order valence-corrected chi connectivity index (χ4v) is 2.80. The van der Waals surface area contributed by atoms with Gasteiger partial charge >= 0.3 is 0 Å². The Morgan fingerprint density at radius 2 is 2.41 bits per heavy atom. The number of imidazole rings is 1. The first-order valence-corrected chi connectivity index (χ1v) is 6.77. The Morgan fingerprint density at radius 3 is 2.94 bits per heavy atom. The van der Waals surface area contributed by atoms with Gasteiger partial charge in [-0.25, -0.2) is 18.1 Å². The third-order valence-corrected chi connectivity index (χ3v) is 3.95. The minimum Gasteiger partial charge on any atom is -0.339 e. The number of aromatic nitrogens is 2. The molecule has 8 heteroatoms. The molecule has 2 heterocycles. The largest absolute Gasteiger partial charge is 0.339 e. The van der Waals surface area contributed by atoms with Gasteiger partial charge in [0.05, 0.1) is 6.33 Å². The number of sulfonamides is 1. The van der Waals surface area contributed by atoms with Gasteiger partial charge in [-0.3, -0.25) is 0 Å². The van der Waals surface area contributed by atoms with Crippen LogP contribution < -0.4 is 10.0 Å². The molecule has 1 saturated heterocycles. The fraction of sp³-hybridized carbons (Fsp3) is 0.667. The van der Waals surface area contributed by atoms with E-state index < -0.39 is 10.0 Å². The summed E-state index contributed by atoms with van der Waals surface area (Å²) >= 11 is 0. The maximum absolute atomic E-state index is 11.8. The molecule has 1 aromatic rings. The summed E-state index contributed by atoms with van der Waals surface area (Å²) in [5, 5.41) is 3.31. The average molecular weight is 281 g/mol. The van der Waals surface area contributed by atoms with E-state index in [1.54, 1.807) is 11.6 Å². The van der Waals surface area contributed by atoms with E-state index in [0.717, 1.165) is 19.4 Å². The van der Waals surface area contributed by atoms with Crippen molar-refractivity contribution in [2.75, 3.05) is 13.1 Å². The summed E-state index contributed by atoms with van der Waals surface area (Å²) in [5.41, 5.74) is 0. The van der Waals surface area contributed by atoms with Crippen LogP contribution >= 0.6 is 12.4 Å². The summed E-state index contributed by atoms with van der Waals surface area (Å²) in [5.74, 6) is 0. The van der Waals surface area contributed by atoms with Gasteiger partial charge in [0.25, 0.3) is 10.0 Å². The normalized spacial score (nSPS) is 20.2. The van der Waals surface area contributed by atoms with Crippen LogP contribution in [0.4, 0.5) is 0 Å². The van der Waals surface area contributed by atoms with Gasteiger partial charge < -0.3 is 9.88 Å². The molecular formula is C9H17ClN4O2S. The monoisotopic (exact) mass is 280 g/mol. The number of hydrogen-bond donors (Lipinski definition) is 2. The second-order valence-corrected chi connectivity index (χ2v) is 5.74. The molecule has 17 heavy (non-hydrogen) atoms. The van der Waals surface area contributed by atoms with Gasteiger partial charge in [-0.2, -0.15) is 0 Å². The molecule has 1 fully saturated rings. The van der Waals surface area contributed by atoms with Crippen molar-refractivity contribution in [1.29, 1.82) is 0 Å². The van der Waals surface area contributed by atoms with Gasteiger partial charge in [0.1, 0.15) is 0 Å². The first-order valence-electron chi connectivity index (χ1n) is 5.29. The molecule has 0 spiro atoms. The van der Waals surface area contributed by atoms with Gasteiger partial charge in [-0.1, -0.05) is 0 Å². The van der Waals surface area contributed by atoms with Crippen molar-refractivity contribution >= 4 is 22.4 Å². The Kier molecular flexibility index (Phi) is 4.93. The molecule has 0 aromatic carbocycles. The lowest BCUT2D eigenvalue weighted by Gasteiger charge is -2.10. The lowest BCUT2D eigenvalue weighted by molar-refractivity contribution is 0.549. The molecule has 2 N–H and O–H groups in total. The summed E-state index contributed by atoms with van der Waals surface area (Å²) in [4.78, 5) is 3.82. The molecule has 1 aliphatic heterocycles. The Labute approximate surface area is 107 Å². The van der Waals surface area contributed by atoms with E-state index in [4.69, 9.17) is 0 Å². The number of nitrogens with one attached hydrogen (secondary N) is 2. The van der Waals surface area contributed by atoms with Crippen LogP contribution in [0.1, 0.15) is 12.8 Å². The molecule has 6 nitrogen and oxygen atoms in total. The van der Waals surface area contributed by atoms with Gasteiger partial charge in [0.2, 0.25) is 0 Å². The summed E-state index contributed by atoms with van der Waals surface area (Å²) in [6.45, 7) is 1.40. The predicted molar refractivity (Wildman–Crippen MR) is 66.7 cm³/mol. The van der Waals surface area contributed by atoms with E-state index in [-0.39, 0.29) is 23.5 Å². The van der Waals surface area contributed by atoms with Crippen molar-refractivity contribution in [1.82, 2.24) is 19.6 Å². The van der Waals surface area contributed by atoms with Crippen LogP contribution in [-0.4, -0.2) is 37.1 Å². The molecule has 0 bridgehead atoms. The Hall–Kier alpha value is -0.630. The van der Waals surface area contributed by atoms with Gasteiger partial charge in [0, 0.05) is 25.8 Å². The molecule has 0 saturated carbocycles. The average Bonchev–Trinajstić information content (AvgIpc) is 2.85. The van der Waals surface area contributed by atoms with Crippen molar-refractivity contribution in [3.63, 3.8) is 0 Å². The van der Waals surface area contributed by atoms with E-state index >= 15 is 0 Å². The van der Waals surface area contributed by atoms with Crippen LogP contribution in [0.15, 0.2) is 17.6 Å². The first kappa shape index (κ1) is 14.4. The van der Waals surface area contributed by atoms with Crippen molar-refractivity contribution < 1.29 is 8.42 Å². The minimum atomic E-state index is -3.45. The van der Waals surface area contributed by atoms with E-state index in [9.17, 15) is 8.42 Å². The molecule has 1 aliphatic rings. The molecule has 0 radical (unpaired) electrons. The van der Waals surface area contributed by atoms with Crippen molar-refractivity contribution in [2.24, 2.45) is 7.05 Å². The lowest BCUT2D eigenvalue weighted by Crippen LogP contribution is -2.37. The highest BCUT2D eigenvalue weighted by Crippen LogP contribution is 2.07. The number of nitrogens with zero attached hydrogens (tertiary/aromatic N) is 2. The van der Waals surface area contributed by atoms with Crippen LogP contribution in [0.5, 0.6) is 0 Å². The van der Waals surface area contributed by atoms with E-state index in [1.165, 1.54) is 12.5 Å². The van der Waals surface area contributed by atoms with Gasteiger partial charge in [-0.05, 0) is 19.4 Å². The van der Waals surface area contributed by atoms with Gasteiger partial charge in [0.15, 0.2) is 5.03 Å². The lowest BCUT2D eigenvalue weighted by atomic mass is 10.2. The topological polar surface area (TPSA) is 76.0 Å². The smallest absolute Gasteiger partial charge is 0.259 e.